The fraction of sp³-hybridized carbons (Fsp3) is 0.182. The topological polar surface area (TPSA) is 38.1 Å². The predicted octanol–water partition coefficient (Wildman–Crippen LogP) is 2.96. The van der Waals surface area contributed by atoms with Gasteiger partial charge in [0.25, 0.3) is 0 Å². The second-order valence-electron chi connectivity index (χ2n) is 3.44. The first kappa shape index (κ1) is 12.5. The third-order valence-corrected chi connectivity index (χ3v) is 3.21. The first-order valence-electron chi connectivity index (χ1n) is 4.92. The maximum atomic E-state index is 13.0. The van der Waals surface area contributed by atoms with E-state index in [-0.39, 0.29) is 11.6 Å². The lowest BCUT2D eigenvalue weighted by Crippen LogP contribution is -1.98. The Morgan fingerprint density at radius 2 is 2.24 bits per heavy atom. The molecule has 1 N–H and O–H groups in total. The molecule has 0 atom stereocenters. The summed E-state index contributed by atoms with van der Waals surface area (Å²) in [6, 6.07) is 4.38. The van der Waals surface area contributed by atoms with Crippen LogP contribution in [0.25, 0.3) is 5.69 Å². The van der Waals surface area contributed by atoms with E-state index in [4.69, 9.17) is 16.7 Å². The number of halogens is 3. The van der Waals surface area contributed by atoms with E-state index in [1.54, 1.807) is 16.9 Å². The highest BCUT2D eigenvalue weighted by Gasteiger charge is 2.08. The van der Waals surface area contributed by atoms with Crippen LogP contribution in [-0.2, 0) is 6.42 Å². The zero-order valence-electron chi connectivity index (χ0n) is 8.70. The molecule has 1 aromatic heterocycles. The van der Waals surface area contributed by atoms with Gasteiger partial charge < -0.3 is 5.11 Å². The number of aliphatic hydroxyl groups excluding tert-OH is 1. The first-order chi connectivity index (χ1) is 8.11. The highest BCUT2D eigenvalue weighted by Crippen LogP contribution is 2.22. The van der Waals surface area contributed by atoms with Gasteiger partial charge in [-0.25, -0.2) is 9.07 Å². The first-order valence-corrected chi connectivity index (χ1v) is 6.09. The predicted molar refractivity (Wildman–Crippen MR) is 67.0 cm³/mol. The molecule has 3 nitrogen and oxygen atoms in total. The molecule has 2 aromatic rings. The van der Waals surface area contributed by atoms with E-state index in [0.717, 1.165) is 10.2 Å². The van der Waals surface area contributed by atoms with Crippen molar-refractivity contribution in [1.82, 2.24) is 9.78 Å². The van der Waals surface area contributed by atoms with Crippen LogP contribution in [0.1, 0.15) is 5.69 Å². The summed E-state index contributed by atoms with van der Waals surface area (Å²) in [5, 5.41) is 13.2. The quantitative estimate of drug-likeness (QED) is 0.944. The maximum Gasteiger partial charge on any atom is 0.141 e. The molecule has 90 valence electrons. The van der Waals surface area contributed by atoms with Gasteiger partial charge in [0.15, 0.2) is 0 Å². The summed E-state index contributed by atoms with van der Waals surface area (Å²) in [5.41, 5.74) is 1.41. The van der Waals surface area contributed by atoms with Gasteiger partial charge in [0.05, 0.1) is 20.9 Å². The maximum absolute atomic E-state index is 13.0. The van der Waals surface area contributed by atoms with Gasteiger partial charge in [0.1, 0.15) is 5.82 Å². The second-order valence-corrected chi connectivity index (χ2v) is 4.70. The Morgan fingerprint density at radius 1 is 1.47 bits per heavy atom. The van der Waals surface area contributed by atoms with Crippen molar-refractivity contribution in [3.8, 4) is 5.69 Å². The van der Waals surface area contributed by atoms with Gasteiger partial charge in [-0.1, -0.05) is 11.6 Å². The Morgan fingerprint density at radius 3 is 2.88 bits per heavy atom. The van der Waals surface area contributed by atoms with Crippen LogP contribution in [0.3, 0.4) is 0 Å². The number of nitrogens with zero attached hydrogens (tertiary/aromatic N) is 2. The Labute approximate surface area is 111 Å². The SMILES string of the molecule is OCCc1nn(-c2ccc(F)c(Cl)c2)cc1Br. The normalized spacial score (nSPS) is 10.8. The molecule has 17 heavy (non-hydrogen) atoms. The molecule has 0 fully saturated rings. The Balaban J connectivity index is 2.39. The minimum absolute atomic E-state index is 0.0276. The summed E-state index contributed by atoms with van der Waals surface area (Å²) in [6.45, 7) is 0.0276. The fourth-order valence-electron chi connectivity index (χ4n) is 1.42. The van der Waals surface area contributed by atoms with E-state index in [1.165, 1.54) is 12.1 Å². The van der Waals surface area contributed by atoms with Gasteiger partial charge in [0.2, 0.25) is 0 Å². The number of hydrogen-bond donors (Lipinski definition) is 1. The van der Waals surface area contributed by atoms with Crippen LogP contribution >= 0.6 is 27.5 Å². The monoisotopic (exact) mass is 318 g/mol. The molecule has 0 radical (unpaired) electrons. The van der Waals surface area contributed by atoms with Crippen molar-refractivity contribution in [2.75, 3.05) is 6.61 Å². The van der Waals surface area contributed by atoms with E-state index in [2.05, 4.69) is 21.0 Å². The minimum atomic E-state index is -0.461. The average molecular weight is 320 g/mol. The molecule has 0 unspecified atom stereocenters. The summed E-state index contributed by atoms with van der Waals surface area (Å²) in [7, 11) is 0. The molecule has 0 bridgehead atoms. The third-order valence-electron chi connectivity index (χ3n) is 2.26. The number of rotatable bonds is 3. The van der Waals surface area contributed by atoms with Crippen LogP contribution in [0.2, 0.25) is 5.02 Å². The average Bonchev–Trinajstić information content (AvgIpc) is 2.65. The lowest BCUT2D eigenvalue weighted by Gasteiger charge is -2.02. The van der Waals surface area contributed by atoms with Gasteiger partial charge in [0, 0.05) is 19.2 Å². The number of aromatic nitrogens is 2. The molecular weight excluding hydrogens is 310 g/mol. The van der Waals surface area contributed by atoms with Crippen molar-refractivity contribution < 1.29 is 9.50 Å². The van der Waals surface area contributed by atoms with Crippen LogP contribution < -0.4 is 0 Å². The molecule has 1 aromatic carbocycles. The van der Waals surface area contributed by atoms with Crippen LogP contribution in [-0.4, -0.2) is 21.5 Å². The summed E-state index contributed by atoms with van der Waals surface area (Å²) in [5.74, 6) is -0.461. The molecule has 6 heteroatoms. The number of aliphatic hydroxyl groups is 1. The van der Waals surface area contributed by atoms with Gasteiger partial charge in [-0.2, -0.15) is 5.10 Å². The zero-order valence-corrected chi connectivity index (χ0v) is 11.0. The zero-order chi connectivity index (χ0) is 12.4. The molecule has 0 saturated carbocycles. The Kier molecular flexibility index (Phi) is 3.81. The van der Waals surface area contributed by atoms with E-state index < -0.39 is 5.82 Å². The fourth-order valence-corrected chi connectivity index (χ4v) is 2.07. The molecule has 1 heterocycles. The summed E-state index contributed by atoms with van der Waals surface area (Å²) >= 11 is 9.05. The molecule has 0 aliphatic rings. The van der Waals surface area contributed by atoms with E-state index >= 15 is 0 Å². The van der Waals surface area contributed by atoms with E-state index in [0.29, 0.717) is 12.1 Å². The van der Waals surface area contributed by atoms with Gasteiger partial charge in [-0.05, 0) is 34.1 Å². The summed E-state index contributed by atoms with van der Waals surface area (Å²) in [6.07, 6.45) is 2.21. The van der Waals surface area contributed by atoms with Crippen molar-refractivity contribution in [3.63, 3.8) is 0 Å². The largest absolute Gasteiger partial charge is 0.396 e. The number of hydrogen-bond acceptors (Lipinski definition) is 2. The summed E-state index contributed by atoms with van der Waals surface area (Å²) in [4.78, 5) is 0. The molecular formula is C11H9BrClFN2O. The highest BCUT2D eigenvalue weighted by molar-refractivity contribution is 9.10. The van der Waals surface area contributed by atoms with E-state index in [1.807, 2.05) is 0 Å². The smallest absolute Gasteiger partial charge is 0.141 e. The van der Waals surface area contributed by atoms with Crippen LogP contribution in [0.5, 0.6) is 0 Å². The minimum Gasteiger partial charge on any atom is -0.396 e. The van der Waals surface area contributed by atoms with Crippen molar-refractivity contribution in [3.05, 3.63) is 45.4 Å². The molecule has 0 aliphatic carbocycles. The third kappa shape index (κ3) is 2.68. The van der Waals surface area contributed by atoms with Crippen molar-refractivity contribution in [2.24, 2.45) is 0 Å². The van der Waals surface area contributed by atoms with Crippen molar-refractivity contribution >= 4 is 27.5 Å². The second kappa shape index (κ2) is 5.16. The molecule has 0 amide bonds. The van der Waals surface area contributed by atoms with Crippen LogP contribution in [0.15, 0.2) is 28.9 Å². The van der Waals surface area contributed by atoms with Gasteiger partial charge in [-0.3, -0.25) is 0 Å². The van der Waals surface area contributed by atoms with Crippen LogP contribution in [0.4, 0.5) is 4.39 Å². The molecule has 0 saturated heterocycles. The lowest BCUT2D eigenvalue weighted by atomic mass is 10.3. The standard InChI is InChI=1S/C11H9BrClFN2O/c12-8-6-16(15-11(8)3-4-17)7-1-2-10(14)9(13)5-7/h1-2,5-6,17H,3-4H2. The van der Waals surface area contributed by atoms with Crippen molar-refractivity contribution in [2.45, 2.75) is 6.42 Å². The summed E-state index contributed by atoms with van der Waals surface area (Å²) < 4.78 is 15.4. The Bertz CT molecular complexity index is 544. The molecule has 2 rings (SSSR count). The Hall–Kier alpha value is -0.910. The van der Waals surface area contributed by atoms with Gasteiger partial charge >= 0.3 is 0 Å². The lowest BCUT2D eigenvalue weighted by molar-refractivity contribution is 0.298. The van der Waals surface area contributed by atoms with Crippen molar-refractivity contribution in [1.29, 1.82) is 0 Å². The van der Waals surface area contributed by atoms with Crippen LogP contribution in [0, 0.1) is 5.82 Å². The molecule has 0 spiro atoms. The number of benzene rings is 1. The van der Waals surface area contributed by atoms with E-state index in [9.17, 15) is 4.39 Å². The molecule has 0 aliphatic heterocycles. The highest BCUT2D eigenvalue weighted by atomic mass is 79.9. The van der Waals surface area contributed by atoms with Gasteiger partial charge in [-0.15, -0.1) is 0 Å².